The fourth-order valence-corrected chi connectivity index (χ4v) is 2.62. The summed E-state index contributed by atoms with van der Waals surface area (Å²) < 4.78 is 0. The molecule has 1 aromatic carbocycles. The van der Waals surface area contributed by atoms with Gasteiger partial charge in [0.25, 0.3) is 0 Å². The molecule has 2 rings (SSSR count). The summed E-state index contributed by atoms with van der Waals surface area (Å²) in [6, 6.07) is 9.76. The predicted molar refractivity (Wildman–Crippen MR) is 86.7 cm³/mol. The van der Waals surface area contributed by atoms with Gasteiger partial charge in [-0.3, -0.25) is 4.90 Å². The highest BCUT2D eigenvalue weighted by atomic mass is 15.2. The van der Waals surface area contributed by atoms with Crippen LogP contribution in [0.5, 0.6) is 0 Å². The molecule has 0 unspecified atom stereocenters. The maximum atomic E-state index is 3.45. The van der Waals surface area contributed by atoms with Gasteiger partial charge in [-0.05, 0) is 49.4 Å². The first kappa shape index (κ1) is 15.5. The van der Waals surface area contributed by atoms with Gasteiger partial charge in [0, 0.05) is 19.1 Å². The quantitative estimate of drug-likeness (QED) is 0.736. The van der Waals surface area contributed by atoms with Crippen LogP contribution in [0.2, 0.25) is 0 Å². The van der Waals surface area contributed by atoms with Crippen molar-refractivity contribution in [1.29, 1.82) is 0 Å². The van der Waals surface area contributed by atoms with Crippen molar-refractivity contribution in [3.05, 3.63) is 35.4 Å². The van der Waals surface area contributed by atoms with Gasteiger partial charge in [0.05, 0.1) is 0 Å². The van der Waals surface area contributed by atoms with E-state index < -0.39 is 0 Å². The second kappa shape index (κ2) is 7.80. The summed E-state index contributed by atoms with van der Waals surface area (Å²) in [7, 11) is 0. The molecule has 0 spiro atoms. The van der Waals surface area contributed by atoms with E-state index in [4.69, 9.17) is 0 Å². The summed E-state index contributed by atoms with van der Waals surface area (Å²) in [6.45, 7) is 11.2. The number of nitrogens with one attached hydrogen (secondary N) is 1. The molecule has 0 heterocycles. The lowest BCUT2D eigenvalue weighted by atomic mass is 10.1. The van der Waals surface area contributed by atoms with Crippen molar-refractivity contribution >= 4 is 0 Å². The van der Waals surface area contributed by atoms with Gasteiger partial charge in [0.1, 0.15) is 0 Å². The zero-order valence-electron chi connectivity index (χ0n) is 13.4. The Hall–Kier alpha value is -0.860. The largest absolute Gasteiger partial charge is 0.313 e. The van der Waals surface area contributed by atoms with Crippen molar-refractivity contribution in [3.63, 3.8) is 0 Å². The van der Waals surface area contributed by atoms with Gasteiger partial charge in [-0.15, -0.1) is 0 Å². The minimum absolute atomic E-state index is 0.799. The molecule has 1 aliphatic carbocycles. The zero-order valence-corrected chi connectivity index (χ0v) is 13.4. The fourth-order valence-electron chi connectivity index (χ4n) is 2.62. The third-order valence-corrected chi connectivity index (χ3v) is 4.11. The highest BCUT2D eigenvalue weighted by Crippen LogP contribution is 2.29. The van der Waals surface area contributed by atoms with E-state index in [-0.39, 0.29) is 0 Å². The lowest BCUT2D eigenvalue weighted by molar-refractivity contribution is 0.238. The molecule has 1 fully saturated rings. The number of benzene rings is 1. The van der Waals surface area contributed by atoms with Gasteiger partial charge in [-0.2, -0.15) is 0 Å². The molecule has 1 N–H and O–H groups in total. The lowest BCUT2D eigenvalue weighted by Gasteiger charge is -2.24. The molecule has 0 radical (unpaired) electrons. The fraction of sp³-hybridized carbons (Fsp3) is 0.667. The molecule has 0 bridgehead atoms. The Morgan fingerprint density at radius 1 is 1.20 bits per heavy atom. The molecular weight excluding hydrogens is 244 g/mol. The van der Waals surface area contributed by atoms with Crippen LogP contribution >= 0.6 is 0 Å². The molecule has 0 amide bonds. The summed E-state index contributed by atoms with van der Waals surface area (Å²) in [6.07, 6.45) is 4.10. The molecule has 1 saturated carbocycles. The Morgan fingerprint density at radius 2 is 1.90 bits per heavy atom. The van der Waals surface area contributed by atoms with Crippen molar-refractivity contribution in [2.75, 3.05) is 13.1 Å². The van der Waals surface area contributed by atoms with Crippen molar-refractivity contribution < 1.29 is 0 Å². The normalized spacial score (nSPS) is 15.2. The van der Waals surface area contributed by atoms with Crippen LogP contribution < -0.4 is 5.32 Å². The minimum atomic E-state index is 0.799. The highest BCUT2D eigenvalue weighted by molar-refractivity contribution is 5.27. The van der Waals surface area contributed by atoms with Crippen LogP contribution in [0, 0.1) is 5.92 Å². The Morgan fingerprint density at radius 3 is 2.50 bits per heavy atom. The minimum Gasteiger partial charge on any atom is -0.313 e. The van der Waals surface area contributed by atoms with Crippen molar-refractivity contribution in [3.8, 4) is 0 Å². The Bertz CT molecular complexity index is 396. The van der Waals surface area contributed by atoms with Crippen LogP contribution in [0.1, 0.15) is 51.2 Å². The van der Waals surface area contributed by atoms with Gasteiger partial charge in [0.2, 0.25) is 0 Å². The number of nitrogens with zero attached hydrogens (tertiary/aromatic N) is 1. The number of rotatable bonds is 9. The van der Waals surface area contributed by atoms with Gasteiger partial charge < -0.3 is 5.32 Å². The SMILES string of the molecule is CCNCc1ccccc1CN(CCC(C)C)C1CC1. The first-order valence-corrected chi connectivity index (χ1v) is 8.22. The van der Waals surface area contributed by atoms with Crippen molar-refractivity contribution in [2.24, 2.45) is 5.92 Å². The molecule has 0 atom stereocenters. The Kier molecular flexibility index (Phi) is 6.06. The smallest absolute Gasteiger partial charge is 0.0239 e. The van der Waals surface area contributed by atoms with E-state index >= 15 is 0 Å². The third kappa shape index (κ3) is 4.92. The summed E-state index contributed by atoms with van der Waals surface area (Å²) in [5.41, 5.74) is 2.97. The van der Waals surface area contributed by atoms with Crippen LogP contribution in [0.25, 0.3) is 0 Å². The van der Waals surface area contributed by atoms with Gasteiger partial charge >= 0.3 is 0 Å². The van der Waals surface area contributed by atoms with Gasteiger partial charge in [-0.1, -0.05) is 45.0 Å². The van der Waals surface area contributed by atoms with E-state index in [1.165, 1.54) is 36.9 Å². The van der Waals surface area contributed by atoms with Crippen LogP contribution in [0.3, 0.4) is 0 Å². The molecule has 20 heavy (non-hydrogen) atoms. The maximum absolute atomic E-state index is 3.45. The van der Waals surface area contributed by atoms with Crippen molar-refractivity contribution in [2.45, 2.75) is 59.2 Å². The highest BCUT2D eigenvalue weighted by Gasteiger charge is 2.28. The van der Waals surface area contributed by atoms with Crippen LogP contribution in [0.15, 0.2) is 24.3 Å². The van der Waals surface area contributed by atoms with E-state index in [2.05, 4.69) is 55.3 Å². The van der Waals surface area contributed by atoms with Gasteiger partial charge in [0.15, 0.2) is 0 Å². The molecule has 2 heteroatoms. The average Bonchev–Trinajstić information content (AvgIpc) is 3.26. The molecule has 1 aliphatic rings. The molecule has 1 aromatic rings. The van der Waals surface area contributed by atoms with E-state index in [0.717, 1.165) is 31.6 Å². The summed E-state index contributed by atoms with van der Waals surface area (Å²) in [4.78, 5) is 2.70. The van der Waals surface area contributed by atoms with Crippen molar-refractivity contribution in [1.82, 2.24) is 10.2 Å². The zero-order chi connectivity index (χ0) is 14.4. The predicted octanol–water partition coefficient (Wildman–Crippen LogP) is 3.81. The standard InChI is InChI=1S/C18H30N2/c1-4-19-13-16-7-5-6-8-17(16)14-20(18-9-10-18)12-11-15(2)3/h5-8,15,18-19H,4,9-14H2,1-3H3. The van der Waals surface area contributed by atoms with Crippen LogP contribution in [-0.2, 0) is 13.1 Å². The first-order chi connectivity index (χ1) is 9.70. The van der Waals surface area contributed by atoms with E-state index in [9.17, 15) is 0 Å². The Balaban J connectivity index is 1.98. The van der Waals surface area contributed by atoms with E-state index in [1.807, 2.05) is 0 Å². The number of hydrogen-bond donors (Lipinski definition) is 1. The molecular formula is C18H30N2. The average molecular weight is 274 g/mol. The first-order valence-electron chi connectivity index (χ1n) is 8.22. The third-order valence-electron chi connectivity index (χ3n) is 4.11. The number of hydrogen-bond acceptors (Lipinski definition) is 2. The summed E-state index contributed by atoms with van der Waals surface area (Å²) in [5, 5.41) is 3.45. The van der Waals surface area contributed by atoms with Crippen LogP contribution in [0.4, 0.5) is 0 Å². The monoisotopic (exact) mass is 274 g/mol. The van der Waals surface area contributed by atoms with Crippen LogP contribution in [-0.4, -0.2) is 24.0 Å². The topological polar surface area (TPSA) is 15.3 Å². The maximum Gasteiger partial charge on any atom is 0.0239 e. The second-order valence-corrected chi connectivity index (χ2v) is 6.43. The molecule has 0 saturated heterocycles. The second-order valence-electron chi connectivity index (χ2n) is 6.43. The van der Waals surface area contributed by atoms with E-state index in [1.54, 1.807) is 0 Å². The summed E-state index contributed by atoms with van der Waals surface area (Å²) >= 11 is 0. The van der Waals surface area contributed by atoms with Gasteiger partial charge in [-0.25, -0.2) is 0 Å². The molecule has 0 aromatic heterocycles. The van der Waals surface area contributed by atoms with E-state index in [0.29, 0.717) is 0 Å². The molecule has 0 aliphatic heterocycles. The Labute approximate surface area is 124 Å². The summed E-state index contributed by atoms with van der Waals surface area (Å²) in [5.74, 6) is 0.799. The molecule has 2 nitrogen and oxygen atoms in total. The molecule has 112 valence electrons. The lowest BCUT2D eigenvalue weighted by Crippen LogP contribution is -2.28.